The number of aromatic amines is 1. The lowest BCUT2D eigenvalue weighted by atomic mass is 9.95. The van der Waals surface area contributed by atoms with Crippen LogP contribution in [-0.2, 0) is 4.74 Å². The van der Waals surface area contributed by atoms with Gasteiger partial charge in [-0.25, -0.2) is 23.5 Å². The first kappa shape index (κ1) is 28.8. The summed E-state index contributed by atoms with van der Waals surface area (Å²) in [5.41, 5.74) is 3.27. The zero-order valence-corrected chi connectivity index (χ0v) is 24.1. The molecule has 9 nitrogen and oxygen atoms in total. The molecule has 3 heterocycles. The highest BCUT2D eigenvalue weighted by molar-refractivity contribution is 5.94. The van der Waals surface area contributed by atoms with Crippen LogP contribution in [-0.4, -0.2) is 52.9 Å². The van der Waals surface area contributed by atoms with Crippen LogP contribution in [0.5, 0.6) is 5.75 Å². The van der Waals surface area contributed by atoms with E-state index in [0.717, 1.165) is 5.56 Å². The molecule has 2 aromatic carbocycles. The Morgan fingerprint density at radius 2 is 1.86 bits per heavy atom. The van der Waals surface area contributed by atoms with Crippen molar-refractivity contribution in [1.82, 2.24) is 20.3 Å². The van der Waals surface area contributed by atoms with Gasteiger partial charge in [0.25, 0.3) is 0 Å². The second-order valence-corrected chi connectivity index (χ2v) is 11.4. The summed E-state index contributed by atoms with van der Waals surface area (Å²) in [6.45, 7) is 8.27. The lowest BCUT2D eigenvalue weighted by Gasteiger charge is -2.36. The fourth-order valence-corrected chi connectivity index (χ4v) is 5.29. The van der Waals surface area contributed by atoms with Gasteiger partial charge >= 0.3 is 6.09 Å². The number of anilines is 1. The van der Waals surface area contributed by atoms with Crippen molar-refractivity contribution in [1.29, 1.82) is 5.26 Å². The van der Waals surface area contributed by atoms with Crippen LogP contribution in [0.3, 0.4) is 0 Å². The SMILES string of the molecule is COc1cc(F)cc2[nH]c(-c3c(C#N)ncc(-c4cc(C)cc(F)c4)c3N3CCC(NC(=O)OC(C)(C)C)CC3)nc12. The normalized spacial score (nSPS) is 14.1. The molecule has 0 bridgehead atoms. The van der Waals surface area contributed by atoms with Crippen molar-refractivity contribution in [2.75, 3.05) is 25.1 Å². The predicted octanol–water partition coefficient (Wildman–Crippen LogP) is 6.25. The zero-order valence-electron chi connectivity index (χ0n) is 24.1. The number of hydrogen-bond donors (Lipinski definition) is 2. The summed E-state index contributed by atoms with van der Waals surface area (Å²) in [7, 11) is 1.43. The number of amides is 1. The van der Waals surface area contributed by atoms with Gasteiger partial charge in [0.15, 0.2) is 5.69 Å². The Morgan fingerprint density at radius 1 is 1.14 bits per heavy atom. The Bertz CT molecular complexity index is 1680. The van der Waals surface area contributed by atoms with Crippen LogP contribution >= 0.6 is 0 Å². The third kappa shape index (κ3) is 5.98. The van der Waals surface area contributed by atoms with Gasteiger partial charge in [-0.2, -0.15) is 5.26 Å². The van der Waals surface area contributed by atoms with E-state index in [-0.39, 0.29) is 17.5 Å². The van der Waals surface area contributed by atoms with Gasteiger partial charge in [-0.15, -0.1) is 0 Å². The maximum absolute atomic E-state index is 14.6. The Hall–Kier alpha value is -4.72. The molecule has 0 aliphatic carbocycles. The molecule has 1 amide bonds. The molecule has 11 heteroatoms. The number of aromatic nitrogens is 3. The lowest BCUT2D eigenvalue weighted by molar-refractivity contribution is 0.0497. The van der Waals surface area contributed by atoms with Crippen molar-refractivity contribution < 1.29 is 23.0 Å². The Balaban J connectivity index is 1.62. The van der Waals surface area contributed by atoms with Crippen LogP contribution < -0.4 is 15.0 Å². The van der Waals surface area contributed by atoms with Crippen molar-refractivity contribution >= 4 is 22.8 Å². The number of imidazole rings is 1. The molecule has 0 spiro atoms. The number of nitriles is 1. The van der Waals surface area contributed by atoms with E-state index in [1.54, 1.807) is 13.1 Å². The van der Waals surface area contributed by atoms with Crippen molar-refractivity contribution in [3.05, 3.63) is 59.4 Å². The van der Waals surface area contributed by atoms with Crippen LogP contribution in [0, 0.1) is 29.9 Å². The zero-order chi connectivity index (χ0) is 30.2. The van der Waals surface area contributed by atoms with E-state index < -0.39 is 23.3 Å². The molecule has 2 N–H and O–H groups in total. The topological polar surface area (TPSA) is 116 Å². The van der Waals surface area contributed by atoms with E-state index in [4.69, 9.17) is 14.5 Å². The number of aryl methyl sites for hydroxylation is 1. The molecule has 4 aromatic rings. The number of halogens is 2. The number of nitrogens with zero attached hydrogens (tertiary/aromatic N) is 4. The van der Waals surface area contributed by atoms with E-state index in [0.29, 0.717) is 65.2 Å². The molecule has 1 saturated heterocycles. The van der Waals surface area contributed by atoms with E-state index in [1.807, 2.05) is 26.8 Å². The van der Waals surface area contributed by atoms with Crippen molar-refractivity contribution in [3.63, 3.8) is 0 Å². The quantitative estimate of drug-likeness (QED) is 0.289. The highest BCUT2D eigenvalue weighted by Crippen LogP contribution is 2.42. The summed E-state index contributed by atoms with van der Waals surface area (Å²) in [5, 5.41) is 13.1. The van der Waals surface area contributed by atoms with Gasteiger partial charge in [0.1, 0.15) is 40.4 Å². The average molecular weight is 575 g/mol. The number of hydrogen-bond acceptors (Lipinski definition) is 7. The smallest absolute Gasteiger partial charge is 0.407 e. The molecule has 1 aliphatic heterocycles. The number of carbonyl (C=O) groups is 1. The number of fused-ring (bicyclic) bond motifs is 1. The molecule has 1 fully saturated rings. The number of piperidine rings is 1. The largest absolute Gasteiger partial charge is 0.494 e. The first-order valence-corrected chi connectivity index (χ1v) is 13.6. The van der Waals surface area contributed by atoms with Gasteiger partial charge < -0.3 is 24.7 Å². The minimum Gasteiger partial charge on any atom is -0.494 e. The number of benzene rings is 2. The Labute approximate surface area is 242 Å². The van der Waals surface area contributed by atoms with Crippen LogP contribution in [0.1, 0.15) is 44.9 Å². The van der Waals surface area contributed by atoms with Crippen LogP contribution in [0.15, 0.2) is 36.5 Å². The average Bonchev–Trinajstić information content (AvgIpc) is 3.34. The van der Waals surface area contributed by atoms with Gasteiger partial charge in [-0.1, -0.05) is 6.07 Å². The van der Waals surface area contributed by atoms with E-state index in [2.05, 4.69) is 26.3 Å². The Kier molecular flexibility index (Phi) is 7.73. The summed E-state index contributed by atoms with van der Waals surface area (Å²) >= 11 is 0. The molecule has 42 heavy (non-hydrogen) atoms. The minimum atomic E-state index is -0.611. The molecule has 0 unspecified atom stereocenters. The van der Waals surface area contributed by atoms with Crippen LogP contribution in [0.25, 0.3) is 33.5 Å². The van der Waals surface area contributed by atoms with E-state index in [9.17, 15) is 18.8 Å². The fourth-order valence-electron chi connectivity index (χ4n) is 5.29. The first-order valence-electron chi connectivity index (χ1n) is 13.6. The second-order valence-electron chi connectivity index (χ2n) is 11.4. The van der Waals surface area contributed by atoms with Gasteiger partial charge in [0, 0.05) is 37.0 Å². The van der Waals surface area contributed by atoms with Crippen LogP contribution in [0.4, 0.5) is 19.3 Å². The lowest BCUT2D eigenvalue weighted by Crippen LogP contribution is -2.46. The summed E-state index contributed by atoms with van der Waals surface area (Å²) in [5.74, 6) is -0.355. The highest BCUT2D eigenvalue weighted by atomic mass is 19.1. The molecule has 2 aromatic heterocycles. The number of methoxy groups -OCH3 is 1. The predicted molar refractivity (Wildman–Crippen MR) is 155 cm³/mol. The van der Waals surface area contributed by atoms with Crippen molar-refractivity contribution in [2.45, 2.75) is 52.2 Å². The number of rotatable bonds is 5. The number of carbonyl (C=O) groups excluding carboxylic acids is 1. The van der Waals surface area contributed by atoms with Gasteiger partial charge in [-0.3, -0.25) is 0 Å². The van der Waals surface area contributed by atoms with Gasteiger partial charge in [0.2, 0.25) is 0 Å². The standard InChI is InChI=1S/C31H32F2N6O3/c1-17-10-18(12-19(32)11-17)22-16-35-24(15-34)26(29-37-23-13-20(33)14-25(41-5)27(23)38-29)28(22)39-8-6-21(7-9-39)36-30(40)42-31(2,3)4/h10-14,16,21H,6-9H2,1-5H3,(H,36,40)(H,37,38). The van der Waals surface area contributed by atoms with E-state index in [1.165, 1.54) is 31.4 Å². The summed E-state index contributed by atoms with van der Waals surface area (Å²) in [6, 6.07) is 9.32. The summed E-state index contributed by atoms with van der Waals surface area (Å²) < 4.78 is 39.7. The number of alkyl carbamates (subject to hydrolysis) is 1. The molecule has 0 radical (unpaired) electrons. The molecule has 0 saturated carbocycles. The van der Waals surface area contributed by atoms with Gasteiger partial charge in [0.05, 0.1) is 23.9 Å². The number of H-pyrrole nitrogens is 1. The highest BCUT2D eigenvalue weighted by Gasteiger charge is 2.30. The van der Waals surface area contributed by atoms with Crippen LogP contribution in [0.2, 0.25) is 0 Å². The van der Waals surface area contributed by atoms with Gasteiger partial charge in [-0.05, 0) is 69.9 Å². The minimum absolute atomic E-state index is 0.106. The maximum Gasteiger partial charge on any atom is 0.407 e. The molecule has 218 valence electrons. The Morgan fingerprint density at radius 3 is 2.50 bits per heavy atom. The van der Waals surface area contributed by atoms with E-state index >= 15 is 0 Å². The monoisotopic (exact) mass is 574 g/mol. The number of ether oxygens (including phenoxy) is 2. The summed E-state index contributed by atoms with van der Waals surface area (Å²) in [6.07, 6.45) is 2.30. The number of nitrogens with one attached hydrogen (secondary N) is 2. The third-order valence-electron chi connectivity index (χ3n) is 7.02. The third-order valence-corrected chi connectivity index (χ3v) is 7.02. The maximum atomic E-state index is 14.6. The first-order chi connectivity index (χ1) is 20.0. The molecule has 0 atom stereocenters. The molecular formula is C31H32F2N6O3. The summed E-state index contributed by atoms with van der Waals surface area (Å²) in [4.78, 5) is 26.8. The fraction of sp³-hybridized carbons (Fsp3) is 0.355. The molecule has 5 rings (SSSR count). The van der Waals surface area contributed by atoms with Crippen molar-refractivity contribution in [3.8, 4) is 34.3 Å². The number of pyridine rings is 1. The molecule has 1 aliphatic rings. The molecular weight excluding hydrogens is 542 g/mol. The van der Waals surface area contributed by atoms with Crippen molar-refractivity contribution in [2.24, 2.45) is 0 Å². The second kappa shape index (κ2) is 11.3.